The van der Waals surface area contributed by atoms with Crippen LogP contribution in [0, 0.1) is 0 Å². The van der Waals surface area contributed by atoms with E-state index in [2.05, 4.69) is 0 Å². The highest BCUT2D eigenvalue weighted by Crippen LogP contribution is 2.38. The summed E-state index contributed by atoms with van der Waals surface area (Å²) in [5.41, 5.74) is 1.85. The third kappa shape index (κ3) is 2.11. The molecule has 1 atom stereocenters. The van der Waals surface area contributed by atoms with E-state index in [-0.39, 0.29) is 5.91 Å². The van der Waals surface area contributed by atoms with Crippen molar-refractivity contribution >= 4 is 11.6 Å². The van der Waals surface area contributed by atoms with Crippen LogP contribution in [0.1, 0.15) is 22.8 Å². The fraction of sp³-hybridized carbons (Fsp3) is 0.278. The van der Waals surface area contributed by atoms with Gasteiger partial charge in [-0.05, 0) is 31.2 Å². The molecule has 4 heteroatoms. The van der Waals surface area contributed by atoms with E-state index in [9.17, 15) is 4.79 Å². The zero-order valence-electron chi connectivity index (χ0n) is 13.3. The van der Waals surface area contributed by atoms with Gasteiger partial charge in [-0.2, -0.15) is 0 Å². The smallest absolute Gasteiger partial charge is 0.260 e. The van der Waals surface area contributed by atoms with Crippen LogP contribution in [0.2, 0.25) is 0 Å². The Morgan fingerprint density at radius 1 is 1.05 bits per heavy atom. The van der Waals surface area contributed by atoms with Crippen molar-refractivity contribution < 1.29 is 9.53 Å². The van der Waals surface area contributed by atoms with Crippen LogP contribution in [0.3, 0.4) is 0 Å². The summed E-state index contributed by atoms with van der Waals surface area (Å²) in [6.45, 7) is 1.92. The molecule has 0 aliphatic carbocycles. The van der Waals surface area contributed by atoms with Gasteiger partial charge in [-0.1, -0.05) is 24.3 Å². The van der Waals surface area contributed by atoms with Crippen LogP contribution >= 0.6 is 0 Å². The number of anilines is 1. The number of hydrogen-bond acceptors (Lipinski definition) is 3. The van der Waals surface area contributed by atoms with Crippen molar-refractivity contribution in [3.8, 4) is 5.75 Å². The third-order valence-electron chi connectivity index (χ3n) is 4.29. The number of benzene rings is 2. The van der Waals surface area contributed by atoms with Gasteiger partial charge in [0.15, 0.2) is 0 Å². The lowest BCUT2D eigenvalue weighted by atomic mass is 9.98. The van der Waals surface area contributed by atoms with Gasteiger partial charge in [-0.25, -0.2) is 0 Å². The summed E-state index contributed by atoms with van der Waals surface area (Å²) in [5, 5.41) is 0. The van der Waals surface area contributed by atoms with Crippen molar-refractivity contribution in [2.45, 2.75) is 12.6 Å². The number of para-hydroxylation sites is 1. The summed E-state index contributed by atoms with van der Waals surface area (Å²) >= 11 is 0. The summed E-state index contributed by atoms with van der Waals surface area (Å²) < 4.78 is 6.18. The second-order valence-corrected chi connectivity index (χ2v) is 5.89. The molecule has 0 saturated heterocycles. The molecule has 2 aromatic rings. The normalized spacial score (nSPS) is 20.4. The Morgan fingerprint density at radius 2 is 1.68 bits per heavy atom. The highest BCUT2D eigenvalue weighted by atomic mass is 16.5. The topological polar surface area (TPSA) is 32.8 Å². The lowest BCUT2D eigenvalue weighted by molar-refractivity contribution is -0.0556. The van der Waals surface area contributed by atoms with Gasteiger partial charge in [0.05, 0.1) is 5.56 Å². The van der Waals surface area contributed by atoms with Crippen LogP contribution < -0.4 is 9.64 Å². The molecule has 1 unspecified atom stereocenters. The van der Waals surface area contributed by atoms with Gasteiger partial charge in [0, 0.05) is 32.4 Å². The van der Waals surface area contributed by atoms with Crippen molar-refractivity contribution in [2.75, 3.05) is 26.0 Å². The molecule has 1 aliphatic rings. The van der Waals surface area contributed by atoms with Gasteiger partial charge in [-0.3, -0.25) is 9.69 Å². The van der Waals surface area contributed by atoms with Gasteiger partial charge in [0.25, 0.3) is 5.91 Å². The van der Waals surface area contributed by atoms with E-state index in [0.29, 0.717) is 11.3 Å². The van der Waals surface area contributed by atoms with Gasteiger partial charge in [0.2, 0.25) is 5.72 Å². The molecule has 0 radical (unpaired) electrons. The Balaban J connectivity index is 2.04. The van der Waals surface area contributed by atoms with Gasteiger partial charge in [-0.15, -0.1) is 0 Å². The van der Waals surface area contributed by atoms with Crippen molar-refractivity contribution in [1.29, 1.82) is 0 Å². The number of rotatable bonds is 2. The monoisotopic (exact) mass is 296 g/mol. The minimum absolute atomic E-state index is 0.0268. The molecule has 0 aromatic heterocycles. The number of carbonyl (C=O) groups excluding carboxylic acids is 1. The first-order valence-corrected chi connectivity index (χ1v) is 7.27. The van der Waals surface area contributed by atoms with E-state index in [4.69, 9.17) is 4.74 Å². The third-order valence-corrected chi connectivity index (χ3v) is 4.29. The van der Waals surface area contributed by atoms with Crippen LogP contribution in [-0.2, 0) is 5.72 Å². The van der Waals surface area contributed by atoms with Crippen molar-refractivity contribution in [3.63, 3.8) is 0 Å². The van der Waals surface area contributed by atoms with Crippen LogP contribution in [-0.4, -0.2) is 32.0 Å². The molecule has 2 aromatic carbocycles. The Kier molecular flexibility index (Phi) is 3.32. The van der Waals surface area contributed by atoms with Crippen LogP contribution in [0.5, 0.6) is 5.75 Å². The Morgan fingerprint density at radius 3 is 2.32 bits per heavy atom. The van der Waals surface area contributed by atoms with Crippen LogP contribution in [0.4, 0.5) is 5.69 Å². The standard InChI is InChI=1S/C18H20N2O2/c1-18(13-9-11-14(12-10-13)19(2)3)20(4)17(21)15-7-5-6-8-16(15)22-18/h5-12H,1-4H3. The molecule has 22 heavy (non-hydrogen) atoms. The number of ether oxygens (including phenoxy) is 1. The number of fused-ring (bicyclic) bond motifs is 1. The number of carbonyl (C=O) groups is 1. The maximum atomic E-state index is 12.6. The molecule has 0 fully saturated rings. The second-order valence-electron chi connectivity index (χ2n) is 5.89. The largest absolute Gasteiger partial charge is 0.463 e. The Labute approximate surface area is 130 Å². The second kappa shape index (κ2) is 5.05. The van der Waals surface area contributed by atoms with Crippen molar-refractivity contribution in [3.05, 3.63) is 59.7 Å². The molecule has 0 spiro atoms. The molecule has 114 valence electrons. The predicted octanol–water partition coefficient (Wildman–Crippen LogP) is 3.09. The van der Waals surface area contributed by atoms with Crippen molar-refractivity contribution in [2.24, 2.45) is 0 Å². The van der Waals surface area contributed by atoms with Crippen molar-refractivity contribution in [1.82, 2.24) is 4.90 Å². The van der Waals surface area contributed by atoms with Crippen LogP contribution in [0.15, 0.2) is 48.5 Å². The summed E-state index contributed by atoms with van der Waals surface area (Å²) in [5.74, 6) is 0.603. The average Bonchev–Trinajstić information content (AvgIpc) is 2.53. The first-order chi connectivity index (χ1) is 10.4. The zero-order valence-corrected chi connectivity index (χ0v) is 13.3. The van der Waals surface area contributed by atoms with Gasteiger partial charge >= 0.3 is 0 Å². The molecular weight excluding hydrogens is 276 g/mol. The van der Waals surface area contributed by atoms with E-state index in [1.807, 2.05) is 68.4 Å². The first kappa shape index (κ1) is 14.4. The molecule has 1 amide bonds. The molecule has 0 saturated carbocycles. The predicted molar refractivity (Wildman–Crippen MR) is 87.3 cm³/mol. The molecule has 4 nitrogen and oxygen atoms in total. The van der Waals surface area contributed by atoms with E-state index in [0.717, 1.165) is 11.3 Å². The lowest BCUT2D eigenvalue weighted by Gasteiger charge is -2.43. The summed E-state index contributed by atoms with van der Waals surface area (Å²) in [7, 11) is 5.78. The van der Waals surface area contributed by atoms with E-state index in [1.165, 1.54) is 0 Å². The molecule has 0 bridgehead atoms. The summed E-state index contributed by atoms with van der Waals surface area (Å²) in [6, 6.07) is 15.4. The lowest BCUT2D eigenvalue weighted by Crippen LogP contribution is -2.52. The number of hydrogen-bond donors (Lipinski definition) is 0. The van der Waals surface area contributed by atoms with Gasteiger partial charge < -0.3 is 9.64 Å². The van der Waals surface area contributed by atoms with Gasteiger partial charge in [0.1, 0.15) is 5.75 Å². The zero-order chi connectivity index (χ0) is 15.9. The highest BCUT2D eigenvalue weighted by molar-refractivity contribution is 5.98. The first-order valence-electron chi connectivity index (χ1n) is 7.27. The molecule has 1 heterocycles. The number of nitrogens with zero attached hydrogens (tertiary/aromatic N) is 2. The Bertz CT molecular complexity index is 709. The molecular formula is C18H20N2O2. The molecule has 1 aliphatic heterocycles. The van der Waals surface area contributed by atoms with E-state index < -0.39 is 5.72 Å². The van der Waals surface area contributed by atoms with Crippen LogP contribution in [0.25, 0.3) is 0 Å². The quantitative estimate of drug-likeness (QED) is 0.854. The average molecular weight is 296 g/mol. The fourth-order valence-corrected chi connectivity index (χ4v) is 2.71. The SMILES string of the molecule is CN(C)c1ccc(C2(C)Oc3ccccc3C(=O)N2C)cc1. The fourth-order valence-electron chi connectivity index (χ4n) is 2.71. The highest BCUT2D eigenvalue weighted by Gasteiger charge is 2.42. The van der Waals surface area contributed by atoms with E-state index >= 15 is 0 Å². The minimum atomic E-state index is -0.809. The maximum Gasteiger partial charge on any atom is 0.260 e. The molecule has 0 N–H and O–H groups in total. The molecule has 3 rings (SSSR count). The Hall–Kier alpha value is -2.49. The minimum Gasteiger partial charge on any atom is -0.463 e. The summed E-state index contributed by atoms with van der Waals surface area (Å²) in [6.07, 6.45) is 0. The van der Waals surface area contributed by atoms with E-state index in [1.54, 1.807) is 18.0 Å². The summed E-state index contributed by atoms with van der Waals surface area (Å²) in [4.78, 5) is 16.3. The maximum absolute atomic E-state index is 12.6. The number of amides is 1.